The summed E-state index contributed by atoms with van der Waals surface area (Å²) in [6.07, 6.45) is 0.722. The fourth-order valence-electron chi connectivity index (χ4n) is 5.25. The second-order valence-electron chi connectivity index (χ2n) is 10.8. The van der Waals surface area contributed by atoms with Crippen molar-refractivity contribution in [1.82, 2.24) is 0 Å². The number of amides is 1. The molecule has 194 valence electrons. The third-order valence-corrected chi connectivity index (χ3v) is 7.30. The Bertz CT molecular complexity index is 1480. The average Bonchev–Trinajstić information content (AvgIpc) is 3.49. The van der Waals surface area contributed by atoms with Gasteiger partial charge in [-0.1, -0.05) is 45.0 Å². The molecular weight excluding hydrogens is 482 g/mol. The Morgan fingerprint density at radius 1 is 0.842 bits per heavy atom. The van der Waals surface area contributed by atoms with E-state index >= 15 is 0 Å². The maximum absolute atomic E-state index is 13.6. The number of aliphatic hydroxyl groups excluding tert-OH is 1. The number of fused-ring (bicyclic) bond motifs is 2. The normalized spacial score (nSPS) is 19.9. The first-order chi connectivity index (χ1) is 18.2. The fraction of sp³-hybridized carbons (Fsp3) is 0.290. The molecule has 0 radical (unpaired) electrons. The molecule has 3 aliphatic rings. The number of hydrogen-bond acceptors (Lipinski definition) is 6. The largest absolute Gasteiger partial charge is 0.507 e. The number of ether oxygens (including phenoxy) is 3. The number of anilines is 1. The van der Waals surface area contributed by atoms with E-state index in [1.165, 1.54) is 4.90 Å². The average molecular weight is 512 g/mol. The predicted octanol–water partition coefficient (Wildman–Crippen LogP) is 5.32. The molecule has 1 N–H and O–H groups in total. The Morgan fingerprint density at radius 2 is 1.53 bits per heavy atom. The first-order valence-corrected chi connectivity index (χ1v) is 12.8. The maximum Gasteiger partial charge on any atom is 0.300 e. The highest BCUT2D eigenvalue weighted by Gasteiger charge is 2.47. The van der Waals surface area contributed by atoms with E-state index in [2.05, 4.69) is 20.8 Å². The van der Waals surface area contributed by atoms with Crippen molar-refractivity contribution in [2.45, 2.75) is 38.6 Å². The zero-order chi connectivity index (χ0) is 26.6. The molecule has 0 bridgehead atoms. The van der Waals surface area contributed by atoms with E-state index in [1.54, 1.807) is 30.3 Å². The highest BCUT2D eigenvalue weighted by atomic mass is 16.6. The summed E-state index contributed by atoms with van der Waals surface area (Å²) in [5, 5.41) is 11.5. The molecule has 0 saturated carbocycles. The Hall–Kier alpha value is -4.26. The Morgan fingerprint density at radius 3 is 2.26 bits per heavy atom. The summed E-state index contributed by atoms with van der Waals surface area (Å²) in [6, 6.07) is 17.6. The van der Waals surface area contributed by atoms with Crippen LogP contribution in [-0.4, -0.2) is 36.6 Å². The molecule has 1 amide bonds. The van der Waals surface area contributed by atoms with Crippen LogP contribution in [0.1, 0.15) is 49.1 Å². The number of nitrogens with zero attached hydrogens (tertiary/aromatic N) is 1. The first kappa shape index (κ1) is 24.1. The van der Waals surface area contributed by atoms with Crippen molar-refractivity contribution < 1.29 is 28.9 Å². The lowest BCUT2D eigenvalue weighted by Crippen LogP contribution is -2.29. The fourth-order valence-corrected chi connectivity index (χ4v) is 5.25. The summed E-state index contributed by atoms with van der Waals surface area (Å²) in [5.74, 6) is 0.214. The topological polar surface area (TPSA) is 85.3 Å². The molecule has 3 aromatic carbocycles. The van der Waals surface area contributed by atoms with Crippen LogP contribution in [0.3, 0.4) is 0 Å². The van der Waals surface area contributed by atoms with E-state index in [0.29, 0.717) is 42.6 Å². The summed E-state index contributed by atoms with van der Waals surface area (Å²) in [6.45, 7) is 7.80. The minimum Gasteiger partial charge on any atom is -0.507 e. The minimum atomic E-state index is -0.823. The van der Waals surface area contributed by atoms with Gasteiger partial charge in [0.05, 0.1) is 18.2 Å². The van der Waals surface area contributed by atoms with E-state index in [4.69, 9.17) is 14.2 Å². The minimum absolute atomic E-state index is 0.0484. The molecule has 1 saturated heterocycles. The first-order valence-electron chi connectivity index (χ1n) is 12.8. The predicted molar refractivity (Wildman–Crippen MR) is 143 cm³/mol. The Kier molecular flexibility index (Phi) is 5.67. The summed E-state index contributed by atoms with van der Waals surface area (Å²) in [5.41, 5.74) is 3.75. The standard InChI is InChI=1S/C31H29NO6/c1-31(2,3)21-7-4-18(5-8-21)27-26(28(33)20-6-10-23-19(16-20)12-13-36-23)29(34)30(35)32(27)22-9-11-24-25(17-22)38-15-14-37-24/h4-11,16-17,27,33H,12-15H2,1-3H3/b28-26+. The number of Topliss-reactive ketones (excluding diaryl/α,β-unsaturated/α-hetero) is 1. The molecule has 0 aliphatic carbocycles. The summed E-state index contributed by atoms with van der Waals surface area (Å²) in [4.78, 5) is 28.5. The molecule has 0 aromatic heterocycles. The molecule has 3 aromatic rings. The molecule has 7 heteroatoms. The second kappa shape index (κ2) is 8.94. The lowest BCUT2D eigenvalue weighted by atomic mass is 9.85. The van der Waals surface area contributed by atoms with Crippen molar-refractivity contribution in [3.05, 3.63) is 88.5 Å². The third-order valence-electron chi connectivity index (χ3n) is 7.30. The van der Waals surface area contributed by atoms with Crippen LogP contribution in [0.4, 0.5) is 5.69 Å². The second-order valence-corrected chi connectivity index (χ2v) is 10.8. The van der Waals surface area contributed by atoms with Gasteiger partial charge in [0.25, 0.3) is 11.7 Å². The van der Waals surface area contributed by atoms with Gasteiger partial charge in [0.2, 0.25) is 0 Å². The SMILES string of the molecule is CC(C)(C)c1ccc(C2/C(=C(\O)c3ccc4c(c3)CCO4)C(=O)C(=O)N2c2ccc3c(c2)OCCO3)cc1. The van der Waals surface area contributed by atoms with Crippen LogP contribution in [0.5, 0.6) is 17.2 Å². The van der Waals surface area contributed by atoms with Crippen LogP contribution in [0, 0.1) is 0 Å². The number of rotatable bonds is 3. The summed E-state index contributed by atoms with van der Waals surface area (Å²) < 4.78 is 17.0. The zero-order valence-corrected chi connectivity index (χ0v) is 21.6. The van der Waals surface area contributed by atoms with Gasteiger partial charge in [-0.25, -0.2) is 0 Å². The zero-order valence-electron chi connectivity index (χ0n) is 21.6. The molecule has 1 atom stereocenters. The van der Waals surface area contributed by atoms with Crippen LogP contribution < -0.4 is 19.1 Å². The molecule has 0 spiro atoms. The van der Waals surface area contributed by atoms with Crippen molar-refractivity contribution >= 4 is 23.1 Å². The van der Waals surface area contributed by atoms with Gasteiger partial charge in [0, 0.05) is 23.7 Å². The summed E-state index contributed by atoms with van der Waals surface area (Å²) in [7, 11) is 0. The van der Waals surface area contributed by atoms with Crippen LogP contribution >= 0.6 is 0 Å². The third kappa shape index (κ3) is 3.99. The van der Waals surface area contributed by atoms with Crippen LogP contribution in [0.25, 0.3) is 5.76 Å². The molecular formula is C31H29NO6. The van der Waals surface area contributed by atoms with Crippen LogP contribution in [0.15, 0.2) is 66.2 Å². The van der Waals surface area contributed by atoms with Gasteiger partial charge in [-0.2, -0.15) is 0 Å². The number of hydrogen-bond donors (Lipinski definition) is 1. The van der Waals surface area contributed by atoms with Gasteiger partial charge < -0.3 is 19.3 Å². The van der Waals surface area contributed by atoms with Crippen molar-refractivity contribution in [2.75, 3.05) is 24.7 Å². The molecule has 3 aliphatic heterocycles. The molecule has 7 nitrogen and oxygen atoms in total. The van der Waals surface area contributed by atoms with E-state index in [-0.39, 0.29) is 16.7 Å². The monoisotopic (exact) mass is 511 g/mol. The lowest BCUT2D eigenvalue weighted by molar-refractivity contribution is -0.132. The number of benzene rings is 3. The highest BCUT2D eigenvalue weighted by Crippen LogP contribution is 2.45. The lowest BCUT2D eigenvalue weighted by Gasteiger charge is -2.28. The van der Waals surface area contributed by atoms with Gasteiger partial charge in [-0.3, -0.25) is 14.5 Å². The molecule has 3 heterocycles. The van der Waals surface area contributed by atoms with Crippen LogP contribution in [0.2, 0.25) is 0 Å². The van der Waals surface area contributed by atoms with Crippen molar-refractivity contribution in [1.29, 1.82) is 0 Å². The van der Waals surface area contributed by atoms with Gasteiger partial charge in [0.1, 0.15) is 24.7 Å². The number of carbonyl (C=O) groups excluding carboxylic acids is 2. The van der Waals surface area contributed by atoms with Crippen LogP contribution in [-0.2, 0) is 21.4 Å². The highest BCUT2D eigenvalue weighted by molar-refractivity contribution is 6.51. The molecule has 6 rings (SSSR count). The van der Waals surface area contributed by atoms with Gasteiger partial charge in [-0.05, 0) is 52.4 Å². The maximum atomic E-state index is 13.6. The number of aliphatic hydroxyl groups is 1. The van der Waals surface area contributed by atoms with Crippen molar-refractivity contribution in [3.8, 4) is 17.2 Å². The van der Waals surface area contributed by atoms with E-state index in [1.807, 2.05) is 30.3 Å². The quantitative estimate of drug-likeness (QED) is 0.291. The van der Waals surface area contributed by atoms with E-state index < -0.39 is 17.7 Å². The van der Waals surface area contributed by atoms with E-state index in [0.717, 1.165) is 28.9 Å². The van der Waals surface area contributed by atoms with E-state index in [9.17, 15) is 14.7 Å². The Labute approximate surface area is 221 Å². The van der Waals surface area contributed by atoms with Crippen molar-refractivity contribution in [2.24, 2.45) is 0 Å². The number of ketones is 1. The summed E-state index contributed by atoms with van der Waals surface area (Å²) >= 11 is 0. The molecule has 1 fully saturated rings. The Balaban J connectivity index is 1.51. The van der Waals surface area contributed by atoms with Gasteiger partial charge in [-0.15, -0.1) is 0 Å². The van der Waals surface area contributed by atoms with Gasteiger partial charge >= 0.3 is 0 Å². The van der Waals surface area contributed by atoms with Crippen molar-refractivity contribution in [3.63, 3.8) is 0 Å². The molecule has 38 heavy (non-hydrogen) atoms. The smallest absolute Gasteiger partial charge is 0.300 e. The number of carbonyl (C=O) groups is 2. The molecule has 1 unspecified atom stereocenters. The van der Waals surface area contributed by atoms with Gasteiger partial charge in [0.15, 0.2) is 11.5 Å².